The number of pyridine rings is 2. The summed E-state index contributed by atoms with van der Waals surface area (Å²) in [6, 6.07) is 17.6. The second-order valence-corrected chi connectivity index (χ2v) is 18.7. The number of Topliss-reactive ketones (excluding diaryl/α,β-unsaturated/α-hetero) is 2. The van der Waals surface area contributed by atoms with Gasteiger partial charge in [-0.05, 0) is 24.3 Å². The molecule has 0 radical (unpaired) electrons. The van der Waals surface area contributed by atoms with Crippen molar-refractivity contribution in [2.24, 2.45) is 0 Å². The third-order valence-corrected chi connectivity index (χ3v) is 12.7. The second-order valence-electron chi connectivity index (χ2n) is 16.2. The number of ketones is 2. The molecule has 6 heterocycles. The predicted molar refractivity (Wildman–Crippen MR) is 258 cm³/mol. The second kappa shape index (κ2) is 23.1. The third kappa shape index (κ3) is 12.1. The summed E-state index contributed by atoms with van der Waals surface area (Å²) < 4.78 is 55.3. The van der Waals surface area contributed by atoms with Crippen molar-refractivity contribution in [1.82, 2.24) is 38.7 Å². The molecule has 2 aliphatic rings. The Hall–Kier alpha value is -7.54. The SMILES string of the molecule is COc1cnc(OC)c2c1c(C(=O)C(=O)N1CCN(C(=O)c3ccccc3)CC1)cn2COP(=O)(O)O.COc1cnc(OC)c2c1c(C(=O)C(=O)N1CCN(C(=O)c3ccccc3)CC1)cn2COP(=O)(O)O. The molecule has 4 N–H and O–H groups in total. The molecule has 0 atom stereocenters. The summed E-state index contributed by atoms with van der Waals surface area (Å²) >= 11 is 0. The number of hydrogen-bond donors (Lipinski definition) is 4. The molecule has 6 aromatic rings. The summed E-state index contributed by atoms with van der Waals surface area (Å²) in [6.07, 6.45) is 5.10. The number of nitrogens with zero attached hydrogens (tertiary/aromatic N) is 8. The Morgan fingerprint density at radius 1 is 0.500 bits per heavy atom. The molecule has 0 bridgehead atoms. The minimum Gasteiger partial charge on any atom is -0.494 e. The van der Waals surface area contributed by atoms with Gasteiger partial charge in [0.25, 0.3) is 35.2 Å². The van der Waals surface area contributed by atoms with E-state index in [1.165, 1.54) is 72.2 Å². The van der Waals surface area contributed by atoms with Crippen LogP contribution in [-0.2, 0) is 41.2 Å². The van der Waals surface area contributed by atoms with E-state index in [4.69, 9.17) is 38.5 Å². The van der Waals surface area contributed by atoms with Crippen molar-refractivity contribution in [2.75, 3.05) is 80.8 Å². The van der Waals surface area contributed by atoms with Crippen LogP contribution in [0.4, 0.5) is 0 Å². The Morgan fingerprint density at radius 3 is 1.12 bits per heavy atom. The maximum Gasteiger partial charge on any atom is 0.471 e. The number of piperazine rings is 2. The van der Waals surface area contributed by atoms with Crippen molar-refractivity contribution in [3.05, 3.63) is 108 Å². The molecule has 2 aliphatic heterocycles. The fraction of sp³-hybridized carbons (Fsp3) is 0.304. The topological polar surface area (TPSA) is 321 Å². The molecule has 8 rings (SSSR count). The number of ether oxygens (including phenoxy) is 4. The highest BCUT2D eigenvalue weighted by Gasteiger charge is 2.35. The minimum absolute atomic E-state index is 0.0321. The molecule has 392 valence electrons. The summed E-state index contributed by atoms with van der Waals surface area (Å²) in [5.41, 5.74) is 1.25. The van der Waals surface area contributed by atoms with Crippen molar-refractivity contribution in [3.63, 3.8) is 0 Å². The van der Waals surface area contributed by atoms with Crippen LogP contribution in [0.15, 0.2) is 85.5 Å². The van der Waals surface area contributed by atoms with Gasteiger partial charge in [-0.3, -0.25) is 37.8 Å². The molecule has 0 spiro atoms. The number of phosphoric ester groups is 2. The first-order chi connectivity index (χ1) is 35.3. The molecule has 0 saturated carbocycles. The summed E-state index contributed by atoms with van der Waals surface area (Å²) in [5.74, 6) is -3.26. The maximum atomic E-state index is 13.4. The normalized spacial score (nSPS) is 14.1. The Bertz CT molecular complexity index is 2970. The van der Waals surface area contributed by atoms with Gasteiger partial charge in [0.15, 0.2) is 0 Å². The fourth-order valence-corrected chi connectivity index (χ4v) is 8.81. The van der Waals surface area contributed by atoms with Gasteiger partial charge in [-0.2, -0.15) is 0 Å². The zero-order chi connectivity index (χ0) is 53.5. The number of fused-ring (bicyclic) bond motifs is 2. The molecule has 0 aliphatic carbocycles. The van der Waals surface area contributed by atoms with Crippen LogP contribution < -0.4 is 18.9 Å². The lowest BCUT2D eigenvalue weighted by atomic mass is 10.1. The molecule has 4 amide bonds. The van der Waals surface area contributed by atoms with Gasteiger partial charge in [0.2, 0.25) is 11.8 Å². The van der Waals surface area contributed by atoms with Crippen LogP contribution in [0.3, 0.4) is 0 Å². The molecular weight excluding hydrogens is 1010 g/mol. The number of carbonyl (C=O) groups excluding carboxylic acids is 6. The van der Waals surface area contributed by atoms with Gasteiger partial charge >= 0.3 is 15.6 Å². The lowest BCUT2D eigenvalue weighted by molar-refractivity contribution is -0.128. The highest BCUT2D eigenvalue weighted by molar-refractivity contribution is 7.46. The fourth-order valence-electron chi connectivity index (χ4n) is 8.26. The number of aromatic nitrogens is 4. The summed E-state index contributed by atoms with van der Waals surface area (Å²) in [4.78, 5) is 129. The van der Waals surface area contributed by atoms with E-state index in [-0.39, 0.29) is 120 Å². The molecule has 2 saturated heterocycles. The van der Waals surface area contributed by atoms with Gasteiger partial charge in [-0.1, -0.05) is 36.4 Å². The Kier molecular flexibility index (Phi) is 16.9. The number of hydrogen-bond acceptors (Lipinski definition) is 16. The van der Waals surface area contributed by atoms with Crippen molar-refractivity contribution < 1.29 is 85.5 Å². The third-order valence-electron chi connectivity index (χ3n) is 11.8. The Morgan fingerprint density at radius 2 is 0.824 bits per heavy atom. The number of methoxy groups -OCH3 is 4. The molecule has 0 unspecified atom stereocenters. The Labute approximate surface area is 421 Å². The molecule has 4 aromatic heterocycles. The first-order valence-electron chi connectivity index (χ1n) is 22.2. The van der Waals surface area contributed by atoms with Crippen LogP contribution in [0.2, 0.25) is 0 Å². The van der Waals surface area contributed by atoms with Gasteiger partial charge < -0.3 is 67.3 Å². The van der Waals surface area contributed by atoms with E-state index in [9.17, 15) is 37.9 Å². The molecule has 2 aromatic carbocycles. The van der Waals surface area contributed by atoms with Crippen LogP contribution >= 0.6 is 15.6 Å². The number of phosphoric acid groups is 2. The van der Waals surface area contributed by atoms with E-state index < -0.39 is 52.5 Å². The number of rotatable bonds is 16. The average molecular weight is 1060 g/mol. The van der Waals surface area contributed by atoms with Crippen molar-refractivity contribution in [2.45, 2.75) is 13.5 Å². The summed E-state index contributed by atoms with van der Waals surface area (Å²) in [5, 5.41) is 0.361. The molecule has 26 nitrogen and oxygen atoms in total. The van der Waals surface area contributed by atoms with Crippen LogP contribution in [0.1, 0.15) is 41.4 Å². The average Bonchev–Trinajstić information content (AvgIpc) is 4.00. The lowest BCUT2D eigenvalue weighted by Crippen LogP contribution is -2.52. The quantitative estimate of drug-likeness (QED) is 0.0615. The van der Waals surface area contributed by atoms with E-state index in [1.807, 2.05) is 12.1 Å². The van der Waals surface area contributed by atoms with Crippen molar-refractivity contribution in [1.29, 1.82) is 0 Å². The Balaban J connectivity index is 0.000000216. The standard InChI is InChI=1S/2C23H25N4O9P/c2*1-34-17-12-24-21(35-2)19-18(17)16(13-27(19)14-36-37(31,32)33)20(28)23(30)26-10-8-25(9-11-26)22(29)15-6-4-3-5-7-15/h2*3-7,12-13H,8-11,14H2,1-2H3,(H2,31,32,33). The van der Waals surface area contributed by atoms with Crippen molar-refractivity contribution >= 4 is 72.6 Å². The van der Waals surface area contributed by atoms with Crippen LogP contribution in [-0.4, -0.2) is 174 Å². The zero-order valence-corrected chi connectivity index (χ0v) is 41.9. The number of amides is 4. The molecular formula is C46H50N8O18P2. The van der Waals surface area contributed by atoms with Gasteiger partial charge in [0.05, 0.1) is 62.7 Å². The van der Waals surface area contributed by atoms with Crippen LogP contribution in [0.5, 0.6) is 23.3 Å². The van der Waals surface area contributed by atoms with E-state index in [2.05, 4.69) is 19.0 Å². The largest absolute Gasteiger partial charge is 0.494 e. The molecule has 28 heteroatoms. The van der Waals surface area contributed by atoms with Crippen LogP contribution in [0.25, 0.3) is 21.8 Å². The van der Waals surface area contributed by atoms with Crippen molar-refractivity contribution in [3.8, 4) is 23.3 Å². The van der Waals surface area contributed by atoms with Gasteiger partial charge in [0.1, 0.15) is 36.0 Å². The summed E-state index contributed by atoms with van der Waals surface area (Å²) in [7, 11) is -4.33. The highest BCUT2D eigenvalue weighted by Crippen LogP contribution is 2.41. The smallest absolute Gasteiger partial charge is 0.471 e. The van der Waals surface area contributed by atoms with Gasteiger partial charge in [-0.15, -0.1) is 0 Å². The monoisotopic (exact) mass is 1060 g/mol. The van der Waals surface area contributed by atoms with E-state index in [0.717, 1.165) is 0 Å². The van der Waals surface area contributed by atoms with Gasteiger partial charge in [0, 0.05) is 75.9 Å². The van der Waals surface area contributed by atoms with E-state index >= 15 is 0 Å². The number of carbonyl (C=O) groups is 6. The first-order valence-corrected chi connectivity index (χ1v) is 25.3. The van der Waals surface area contributed by atoms with E-state index in [0.29, 0.717) is 11.1 Å². The maximum absolute atomic E-state index is 13.4. The zero-order valence-electron chi connectivity index (χ0n) is 40.1. The van der Waals surface area contributed by atoms with Crippen LogP contribution in [0, 0.1) is 0 Å². The number of benzene rings is 2. The summed E-state index contributed by atoms with van der Waals surface area (Å²) in [6.45, 7) is 0.364. The minimum atomic E-state index is -4.85. The van der Waals surface area contributed by atoms with E-state index in [1.54, 1.807) is 58.3 Å². The predicted octanol–water partition coefficient (Wildman–Crippen LogP) is 2.58. The lowest BCUT2D eigenvalue weighted by Gasteiger charge is -2.34. The van der Waals surface area contributed by atoms with Gasteiger partial charge in [-0.25, -0.2) is 19.1 Å². The molecule has 74 heavy (non-hydrogen) atoms. The highest BCUT2D eigenvalue weighted by atomic mass is 31.2. The molecule has 2 fully saturated rings. The first kappa shape index (κ1) is 54.2.